The average molecular weight is 381 g/mol. The van der Waals surface area contributed by atoms with Crippen molar-refractivity contribution in [1.82, 2.24) is 19.7 Å². The largest absolute Gasteiger partial charge is 0.392 e. The predicted octanol–water partition coefficient (Wildman–Crippen LogP) is 2.66. The molecule has 0 spiro atoms. The van der Waals surface area contributed by atoms with E-state index in [2.05, 4.69) is 28.7 Å². The van der Waals surface area contributed by atoms with Crippen LogP contribution >= 0.6 is 0 Å². The lowest BCUT2D eigenvalue weighted by atomic mass is 9.95. The summed E-state index contributed by atoms with van der Waals surface area (Å²) in [6.07, 6.45) is 5.24. The summed E-state index contributed by atoms with van der Waals surface area (Å²) in [6.45, 7) is 3.21. The molecule has 2 atom stereocenters. The van der Waals surface area contributed by atoms with Gasteiger partial charge in [-0.2, -0.15) is 0 Å². The molecule has 0 bridgehead atoms. The minimum absolute atomic E-state index is 0.0150. The molecule has 0 amide bonds. The Hall–Kier alpha value is -2.51. The highest BCUT2D eigenvalue weighted by Crippen LogP contribution is 2.49. The fraction of sp³-hybridized carbons (Fsp3) is 0.429. The van der Waals surface area contributed by atoms with Crippen LogP contribution in [0.25, 0.3) is 17.0 Å². The molecule has 1 aliphatic carbocycles. The van der Waals surface area contributed by atoms with Gasteiger partial charge in [0.25, 0.3) is 0 Å². The van der Waals surface area contributed by atoms with Gasteiger partial charge in [0.2, 0.25) is 0 Å². The molecule has 3 aromatic rings. The first-order valence-electron chi connectivity index (χ1n) is 9.77. The van der Waals surface area contributed by atoms with Gasteiger partial charge in [-0.05, 0) is 47.6 Å². The maximum atomic E-state index is 13.9. The molecule has 0 unspecified atom stereocenters. The van der Waals surface area contributed by atoms with Gasteiger partial charge in [0.05, 0.1) is 30.2 Å². The number of aromatic nitrogens is 3. The van der Waals surface area contributed by atoms with Crippen molar-refractivity contribution >= 4 is 11.5 Å². The maximum absolute atomic E-state index is 13.9. The summed E-state index contributed by atoms with van der Waals surface area (Å²) in [4.78, 5) is 9.21. The monoisotopic (exact) mass is 381 g/mol. The molecule has 1 aliphatic heterocycles. The van der Waals surface area contributed by atoms with Gasteiger partial charge in [-0.3, -0.25) is 4.40 Å². The summed E-state index contributed by atoms with van der Waals surface area (Å²) in [5.74, 6) is 0.658. The second-order valence-electron chi connectivity index (χ2n) is 8.14. The molecule has 0 aromatic carbocycles. The van der Waals surface area contributed by atoms with Gasteiger partial charge in [0.1, 0.15) is 17.6 Å². The molecule has 5 rings (SSSR count). The van der Waals surface area contributed by atoms with E-state index < -0.39 is 6.17 Å². The highest BCUT2D eigenvalue weighted by molar-refractivity contribution is 5.63. The third-order valence-electron chi connectivity index (χ3n) is 6.04. The number of imidazole rings is 1. The number of nitrogens with zero attached hydrogens (tertiary/aromatic N) is 3. The maximum Gasteiger partial charge on any atom is 0.137 e. The van der Waals surface area contributed by atoms with E-state index >= 15 is 0 Å². The normalized spacial score (nSPS) is 23.2. The molecule has 3 aromatic heterocycles. The molecule has 0 radical (unpaired) electrons. The number of fused-ring (bicyclic) bond motifs is 1. The topological polar surface area (TPSA) is 74.5 Å². The van der Waals surface area contributed by atoms with Gasteiger partial charge in [-0.15, -0.1) is 0 Å². The number of aliphatic hydroxyl groups is 1. The van der Waals surface area contributed by atoms with Crippen molar-refractivity contribution in [3.8, 4) is 11.4 Å². The molecule has 146 valence electrons. The van der Waals surface area contributed by atoms with Gasteiger partial charge in [0, 0.05) is 19.3 Å². The Morgan fingerprint density at radius 3 is 2.93 bits per heavy atom. The molecular formula is C21H24FN5O. The predicted molar refractivity (Wildman–Crippen MR) is 106 cm³/mol. The number of hydrogen-bond donors (Lipinski definition) is 3. The summed E-state index contributed by atoms with van der Waals surface area (Å²) in [5, 5.41) is 16.0. The molecular weight excluding hydrogens is 357 g/mol. The summed E-state index contributed by atoms with van der Waals surface area (Å²) in [6, 6.07) is 7.41. The van der Waals surface area contributed by atoms with Gasteiger partial charge >= 0.3 is 0 Å². The van der Waals surface area contributed by atoms with Crippen molar-refractivity contribution in [2.45, 2.75) is 44.0 Å². The smallest absolute Gasteiger partial charge is 0.137 e. The number of alkyl halides is 1. The van der Waals surface area contributed by atoms with E-state index in [1.807, 2.05) is 28.7 Å². The van der Waals surface area contributed by atoms with Crippen molar-refractivity contribution in [2.75, 3.05) is 18.4 Å². The lowest BCUT2D eigenvalue weighted by molar-refractivity contribution is 0.279. The number of halogens is 1. The van der Waals surface area contributed by atoms with E-state index in [4.69, 9.17) is 4.98 Å². The highest BCUT2D eigenvalue weighted by atomic mass is 19.1. The van der Waals surface area contributed by atoms with Crippen LogP contribution in [-0.4, -0.2) is 44.8 Å². The third kappa shape index (κ3) is 2.95. The Morgan fingerprint density at radius 1 is 1.36 bits per heavy atom. The van der Waals surface area contributed by atoms with Crippen molar-refractivity contribution in [2.24, 2.45) is 0 Å². The van der Waals surface area contributed by atoms with Crippen LogP contribution in [0.3, 0.4) is 0 Å². The summed E-state index contributed by atoms with van der Waals surface area (Å²) < 4.78 is 15.9. The van der Waals surface area contributed by atoms with Gasteiger partial charge in [-0.25, -0.2) is 14.4 Å². The van der Waals surface area contributed by atoms with E-state index in [-0.39, 0.29) is 18.1 Å². The van der Waals surface area contributed by atoms with E-state index in [9.17, 15) is 9.50 Å². The van der Waals surface area contributed by atoms with Crippen molar-refractivity contribution < 1.29 is 9.50 Å². The van der Waals surface area contributed by atoms with Crippen molar-refractivity contribution in [3.05, 3.63) is 47.8 Å². The van der Waals surface area contributed by atoms with Crippen LogP contribution in [0.2, 0.25) is 0 Å². The fourth-order valence-corrected chi connectivity index (χ4v) is 4.02. The number of pyridine rings is 2. The zero-order chi connectivity index (χ0) is 19.3. The van der Waals surface area contributed by atoms with Crippen LogP contribution in [0, 0.1) is 0 Å². The zero-order valence-electron chi connectivity index (χ0n) is 15.8. The summed E-state index contributed by atoms with van der Waals surface area (Å²) >= 11 is 0. The molecule has 2 aliphatic rings. The lowest BCUT2D eigenvalue weighted by Gasteiger charge is -2.16. The SMILES string of the molecule is CC1(c2cn3c(-c4cccc(N[C@H]5CNC[C@@H]5F)n4)cnc3cc2CO)CC1. The fourth-order valence-electron chi connectivity index (χ4n) is 4.02. The van der Waals surface area contributed by atoms with Crippen LogP contribution in [0.4, 0.5) is 10.2 Å². The molecule has 28 heavy (non-hydrogen) atoms. The number of aliphatic hydroxyl groups excluding tert-OH is 1. The Balaban J connectivity index is 1.53. The molecule has 7 heteroatoms. The lowest BCUT2D eigenvalue weighted by Crippen LogP contribution is -2.29. The highest BCUT2D eigenvalue weighted by Gasteiger charge is 2.41. The minimum Gasteiger partial charge on any atom is -0.392 e. The van der Waals surface area contributed by atoms with Gasteiger partial charge in [0.15, 0.2) is 0 Å². The Labute approximate surface area is 162 Å². The number of nitrogens with one attached hydrogen (secondary N) is 2. The number of hydrogen-bond acceptors (Lipinski definition) is 5. The van der Waals surface area contributed by atoms with Crippen molar-refractivity contribution in [3.63, 3.8) is 0 Å². The van der Waals surface area contributed by atoms with Crippen LogP contribution in [-0.2, 0) is 12.0 Å². The minimum atomic E-state index is -0.917. The van der Waals surface area contributed by atoms with E-state index in [1.165, 1.54) is 5.56 Å². The Bertz CT molecular complexity index is 1030. The summed E-state index contributed by atoms with van der Waals surface area (Å²) in [5.41, 5.74) is 4.70. The second-order valence-corrected chi connectivity index (χ2v) is 8.14. The first kappa shape index (κ1) is 17.6. The zero-order valence-corrected chi connectivity index (χ0v) is 15.8. The molecule has 4 heterocycles. The van der Waals surface area contributed by atoms with Crippen LogP contribution in [0.15, 0.2) is 36.7 Å². The standard InChI is InChI=1S/C21H24FN5O/c1-21(5-6-21)14-11-27-18(10-24-20(27)7-13(14)12-28)16-3-2-4-19(25-16)26-17-9-23-8-15(17)22/h2-4,7,10-11,15,17,23,28H,5-6,8-9,12H2,1H3,(H,25,26)/t15-,17-/m0/s1. The van der Waals surface area contributed by atoms with Crippen molar-refractivity contribution in [1.29, 1.82) is 0 Å². The first-order valence-corrected chi connectivity index (χ1v) is 9.77. The van der Waals surface area contributed by atoms with E-state index in [1.54, 1.807) is 6.20 Å². The van der Waals surface area contributed by atoms with E-state index in [0.29, 0.717) is 18.9 Å². The molecule has 1 saturated heterocycles. The Kier molecular flexibility index (Phi) is 4.10. The number of rotatable bonds is 5. The molecule has 6 nitrogen and oxygen atoms in total. The first-order chi connectivity index (χ1) is 13.6. The van der Waals surface area contributed by atoms with Gasteiger partial charge < -0.3 is 15.7 Å². The van der Waals surface area contributed by atoms with E-state index in [0.717, 1.165) is 35.4 Å². The molecule has 2 fully saturated rings. The second kappa shape index (κ2) is 6.53. The van der Waals surface area contributed by atoms with Gasteiger partial charge in [-0.1, -0.05) is 13.0 Å². The molecule has 1 saturated carbocycles. The summed E-state index contributed by atoms with van der Waals surface area (Å²) in [7, 11) is 0. The van der Waals surface area contributed by atoms with Crippen LogP contribution < -0.4 is 10.6 Å². The quantitative estimate of drug-likeness (QED) is 0.634. The number of anilines is 1. The van der Waals surface area contributed by atoms with Crippen LogP contribution in [0.1, 0.15) is 30.9 Å². The molecule has 3 N–H and O–H groups in total. The third-order valence-corrected chi connectivity index (χ3v) is 6.04. The average Bonchev–Trinajstić information content (AvgIpc) is 3.12. The van der Waals surface area contributed by atoms with Crippen LogP contribution in [0.5, 0.6) is 0 Å². The Morgan fingerprint density at radius 2 is 2.21 bits per heavy atom.